The molecular formula is C8H15ClN2O2. The molecule has 2 fully saturated rings. The Kier molecular flexibility index (Phi) is 3.39. The molecule has 2 aliphatic rings. The molecule has 2 bridgehead atoms. The van der Waals surface area contributed by atoms with Crippen molar-refractivity contribution in [1.82, 2.24) is 10.6 Å². The fourth-order valence-corrected chi connectivity index (χ4v) is 2.35. The van der Waals surface area contributed by atoms with Crippen LogP contribution >= 0.6 is 12.4 Å². The molecule has 2 saturated heterocycles. The minimum absolute atomic E-state index is 0. The highest BCUT2D eigenvalue weighted by atomic mass is 35.5. The van der Waals surface area contributed by atoms with E-state index in [9.17, 15) is 4.79 Å². The summed E-state index contributed by atoms with van der Waals surface area (Å²) in [5.41, 5.74) is 0. The summed E-state index contributed by atoms with van der Waals surface area (Å²) >= 11 is 0. The number of amides is 1. The van der Waals surface area contributed by atoms with Crippen LogP contribution in [-0.2, 0) is 0 Å². The normalized spacial score (nSPS) is 36.5. The lowest BCUT2D eigenvalue weighted by Gasteiger charge is -2.28. The molecule has 0 radical (unpaired) electrons. The van der Waals surface area contributed by atoms with Gasteiger partial charge in [-0.1, -0.05) is 0 Å². The van der Waals surface area contributed by atoms with Crippen molar-refractivity contribution in [2.24, 2.45) is 0 Å². The minimum Gasteiger partial charge on any atom is -0.465 e. The van der Waals surface area contributed by atoms with Crippen molar-refractivity contribution in [3.8, 4) is 0 Å². The van der Waals surface area contributed by atoms with Crippen LogP contribution < -0.4 is 10.6 Å². The molecule has 0 saturated carbocycles. The number of rotatable bonds is 1. The zero-order valence-corrected chi connectivity index (χ0v) is 8.14. The van der Waals surface area contributed by atoms with E-state index in [-0.39, 0.29) is 18.4 Å². The van der Waals surface area contributed by atoms with Gasteiger partial charge in [0.05, 0.1) is 0 Å². The molecule has 0 aromatic carbocycles. The molecular weight excluding hydrogens is 192 g/mol. The minimum atomic E-state index is -0.888. The van der Waals surface area contributed by atoms with Gasteiger partial charge >= 0.3 is 6.09 Å². The molecule has 13 heavy (non-hydrogen) atoms. The summed E-state index contributed by atoms with van der Waals surface area (Å²) in [6.45, 7) is 0. The van der Waals surface area contributed by atoms with Gasteiger partial charge in [0.1, 0.15) is 0 Å². The topological polar surface area (TPSA) is 61.4 Å². The monoisotopic (exact) mass is 206 g/mol. The molecule has 76 valence electrons. The summed E-state index contributed by atoms with van der Waals surface area (Å²) in [7, 11) is 0. The largest absolute Gasteiger partial charge is 0.465 e. The average molecular weight is 207 g/mol. The highest BCUT2D eigenvalue weighted by Gasteiger charge is 2.33. The first-order chi connectivity index (χ1) is 5.74. The summed E-state index contributed by atoms with van der Waals surface area (Å²) in [4.78, 5) is 10.4. The second kappa shape index (κ2) is 4.15. The number of halogens is 1. The maximum Gasteiger partial charge on any atom is 0.404 e. The fraction of sp³-hybridized carbons (Fsp3) is 0.875. The highest BCUT2D eigenvalue weighted by Crippen LogP contribution is 2.26. The van der Waals surface area contributed by atoms with Crippen LogP contribution in [0.25, 0.3) is 0 Å². The van der Waals surface area contributed by atoms with E-state index in [2.05, 4.69) is 10.6 Å². The first-order valence-electron chi connectivity index (χ1n) is 4.49. The van der Waals surface area contributed by atoms with Crippen LogP contribution in [0, 0.1) is 0 Å². The Morgan fingerprint density at radius 2 is 1.85 bits per heavy atom. The summed E-state index contributed by atoms with van der Waals surface area (Å²) in [5, 5.41) is 14.5. The lowest BCUT2D eigenvalue weighted by Crippen LogP contribution is -2.47. The lowest BCUT2D eigenvalue weighted by molar-refractivity contribution is 0.183. The van der Waals surface area contributed by atoms with Crippen molar-refractivity contribution >= 4 is 18.5 Å². The van der Waals surface area contributed by atoms with Gasteiger partial charge < -0.3 is 15.7 Å². The molecule has 2 rings (SSSR count). The number of carboxylic acid groups (broad SMARTS) is 1. The van der Waals surface area contributed by atoms with E-state index < -0.39 is 6.09 Å². The molecule has 2 heterocycles. The van der Waals surface area contributed by atoms with Gasteiger partial charge in [0.2, 0.25) is 0 Å². The van der Waals surface area contributed by atoms with Gasteiger partial charge in [0.25, 0.3) is 0 Å². The standard InChI is InChI=1S/C8H14N2O2.ClH/c11-8(12)10-7-3-5-1-2-6(4-7)9-5;/h5-7,9-10H,1-4H2,(H,11,12);1H/t5-,6+,7+;. The molecule has 3 atom stereocenters. The quantitative estimate of drug-likeness (QED) is 0.599. The molecule has 0 aromatic rings. The van der Waals surface area contributed by atoms with E-state index in [0.717, 1.165) is 12.8 Å². The Labute approximate surface area is 83.5 Å². The van der Waals surface area contributed by atoms with Crippen molar-refractivity contribution in [2.75, 3.05) is 0 Å². The van der Waals surface area contributed by atoms with Gasteiger partial charge in [-0.15, -0.1) is 12.4 Å². The SMILES string of the molecule is Cl.O=C(O)N[C@H]1C[C@H]2CC[C@@H](C1)N2. The summed E-state index contributed by atoms with van der Waals surface area (Å²) in [6, 6.07) is 1.29. The smallest absolute Gasteiger partial charge is 0.404 e. The number of nitrogens with one attached hydrogen (secondary N) is 2. The van der Waals surface area contributed by atoms with E-state index in [1.54, 1.807) is 0 Å². The van der Waals surface area contributed by atoms with Crippen molar-refractivity contribution in [2.45, 2.75) is 43.8 Å². The first kappa shape index (κ1) is 10.6. The van der Waals surface area contributed by atoms with Crippen molar-refractivity contribution in [1.29, 1.82) is 0 Å². The molecule has 0 aromatic heterocycles. The zero-order valence-electron chi connectivity index (χ0n) is 7.32. The van der Waals surface area contributed by atoms with Gasteiger partial charge in [0.15, 0.2) is 0 Å². The van der Waals surface area contributed by atoms with E-state index in [1.165, 1.54) is 12.8 Å². The summed E-state index contributed by atoms with van der Waals surface area (Å²) in [5.74, 6) is 0. The van der Waals surface area contributed by atoms with Crippen LogP contribution in [0.15, 0.2) is 0 Å². The van der Waals surface area contributed by atoms with Crippen molar-refractivity contribution in [3.63, 3.8) is 0 Å². The van der Waals surface area contributed by atoms with Gasteiger partial charge in [0, 0.05) is 18.1 Å². The van der Waals surface area contributed by atoms with Gasteiger partial charge in [-0.3, -0.25) is 0 Å². The molecule has 0 aliphatic carbocycles. The molecule has 0 unspecified atom stereocenters. The van der Waals surface area contributed by atoms with Gasteiger partial charge in [-0.25, -0.2) is 4.79 Å². The van der Waals surface area contributed by atoms with E-state index >= 15 is 0 Å². The third kappa shape index (κ3) is 2.48. The first-order valence-corrected chi connectivity index (χ1v) is 4.49. The number of carbonyl (C=O) groups is 1. The van der Waals surface area contributed by atoms with Crippen LogP contribution in [0.1, 0.15) is 25.7 Å². The van der Waals surface area contributed by atoms with E-state index in [0.29, 0.717) is 12.1 Å². The summed E-state index contributed by atoms with van der Waals surface area (Å²) in [6.07, 6.45) is 3.46. The molecule has 0 spiro atoms. The second-order valence-corrected chi connectivity index (χ2v) is 3.76. The third-order valence-corrected chi connectivity index (χ3v) is 2.80. The highest BCUT2D eigenvalue weighted by molar-refractivity contribution is 5.85. The number of fused-ring (bicyclic) bond motifs is 2. The maximum absolute atomic E-state index is 10.4. The molecule has 2 aliphatic heterocycles. The van der Waals surface area contributed by atoms with Crippen LogP contribution in [0.3, 0.4) is 0 Å². The third-order valence-electron chi connectivity index (χ3n) is 2.80. The number of hydrogen-bond donors (Lipinski definition) is 3. The predicted molar refractivity (Wildman–Crippen MR) is 51.4 cm³/mol. The second-order valence-electron chi connectivity index (χ2n) is 3.76. The number of hydrogen-bond acceptors (Lipinski definition) is 2. The Hall–Kier alpha value is -0.480. The van der Waals surface area contributed by atoms with Crippen LogP contribution in [0.5, 0.6) is 0 Å². The Balaban J connectivity index is 0.000000845. The van der Waals surface area contributed by atoms with E-state index in [1.807, 2.05) is 0 Å². The lowest BCUT2D eigenvalue weighted by atomic mass is 10.0. The van der Waals surface area contributed by atoms with Gasteiger partial charge in [-0.2, -0.15) is 0 Å². The van der Waals surface area contributed by atoms with Crippen molar-refractivity contribution in [3.05, 3.63) is 0 Å². The van der Waals surface area contributed by atoms with Crippen LogP contribution in [0.4, 0.5) is 4.79 Å². The maximum atomic E-state index is 10.4. The predicted octanol–water partition coefficient (Wildman–Crippen LogP) is 0.959. The molecule has 3 N–H and O–H groups in total. The zero-order chi connectivity index (χ0) is 8.55. The Bertz CT molecular complexity index is 189. The Morgan fingerprint density at radius 3 is 2.31 bits per heavy atom. The molecule has 1 amide bonds. The van der Waals surface area contributed by atoms with Gasteiger partial charge in [-0.05, 0) is 25.7 Å². The van der Waals surface area contributed by atoms with Crippen LogP contribution in [0.2, 0.25) is 0 Å². The molecule has 5 heteroatoms. The van der Waals surface area contributed by atoms with E-state index in [4.69, 9.17) is 5.11 Å². The molecule has 4 nitrogen and oxygen atoms in total. The summed E-state index contributed by atoms with van der Waals surface area (Å²) < 4.78 is 0. The fourth-order valence-electron chi connectivity index (χ4n) is 2.35. The van der Waals surface area contributed by atoms with Crippen molar-refractivity contribution < 1.29 is 9.90 Å². The Morgan fingerprint density at radius 1 is 1.31 bits per heavy atom. The average Bonchev–Trinajstić information content (AvgIpc) is 2.29. The van der Waals surface area contributed by atoms with Crippen LogP contribution in [-0.4, -0.2) is 29.3 Å². The number of piperidine rings is 1.